The standard InChI is InChI=1S/C19H19N3O4/c20-10-9-18(21)13-1-3-16(4-2-13)26-17-7-5-15(6-8-17)24-11-14-12-25-19(23)22-14/h1-10,14,20H,11-12,21H2,(H,22,23)/b18-9-,20-10?. The van der Waals surface area contributed by atoms with Crippen molar-refractivity contribution in [1.29, 1.82) is 5.41 Å². The highest BCUT2D eigenvalue weighted by molar-refractivity contribution is 5.81. The van der Waals surface area contributed by atoms with E-state index in [1.54, 1.807) is 24.3 Å². The van der Waals surface area contributed by atoms with Gasteiger partial charge in [0.15, 0.2) is 0 Å². The molecule has 1 aliphatic heterocycles. The number of cyclic esters (lactones) is 1. The normalized spacial score (nSPS) is 16.5. The SMILES string of the molecule is N=C/C=C(\N)c1ccc(Oc2ccc(OCC3COC(=O)N3)cc2)cc1. The van der Waals surface area contributed by atoms with E-state index in [-0.39, 0.29) is 6.04 Å². The first-order chi connectivity index (χ1) is 12.6. The van der Waals surface area contributed by atoms with E-state index in [9.17, 15) is 4.79 Å². The third kappa shape index (κ3) is 4.54. The Morgan fingerprint density at radius 3 is 2.35 bits per heavy atom. The van der Waals surface area contributed by atoms with E-state index in [1.165, 1.54) is 6.08 Å². The number of carbonyl (C=O) groups excluding carboxylic acids is 1. The molecule has 0 saturated carbocycles. The molecule has 1 aliphatic rings. The molecule has 0 spiro atoms. The second kappa shape index (κ2) is 8.06. The molecule has 0 radical (unpaired) electrons. The molecule has 0 bridgehead atoms. The zero-order chi connectivity index (χ0) is 18.4. The van der Waals surface area contributed by atoms with Crippen molar-refractivity contribution in [2.45, 2.75) is 6.04 Å². The van der Waals surface area contributed by atoms with E-state index in [0.29, 0.717) is 36.2 Å². The third-order valence-electron chi connectivity index (χ3n) is 3.70. The maximum absolute atomic E-state index is 10.9. The van der Waals surface area contributed by atoms with Gasteiger partial charge in [-0.15, -0.1) is 0 Å². The van der Waals surface area contributed by atoms with E-state index in [2.05, 4.69) is 5.32 Å². The lowest BCUT2D eigenvalue weighted by Gasteiger charge is -2.11. The van der Waals surface area contributed by atoms with Gasteiger partial charge >= 0.3 is 6.09 Å². The predicted molar refractivity (Wildman–Crippen MR) is 97.7 cm³/mol. The molecule has 2 aromatic carbocycles. The molecule has 1 atom stereocenters. The van der Waals surface area contributed by atoms with Crippen molar-refractivity contribution >= 4 is 18.0 Å². The van der Waals surface area contributed by atoms with Crippen LogP contribution in [0.2, 0.25) is 0 Å². The van der Waals surface area contributed by atoms with Crippen molar-refractivity contribution in [3.63, 3.8) is 0 Å². The summed E-state index contributed by atoms with van der Waals surface area (Å²) in [5, 5.41) is 9.69. The molecule has 0 aliphatic carbocycles. The van der Waals surface area contributed by atoms with Gasteiger partial charge in [0.05, 0.1) is 0 Å². The Labute approximate surface area is 150 Å². The number of hydrogen-bond donors (Lipinski definition) is 3. The van der Waals surface area contributed by atoms with Crippen molar-refractivity contribution in [3.05, 3.63) is 60.2 Å². The molecule has 2 aromatic rings. The Morgan fingerprint density at radius 1 is 1.15 bits per heavy atom. The minimum absolute atomic E-state index is 0.133. The van der Waals surface area contributed by atoms with Crippen molar-refractivity contribution in [1.82, 2.24) is 5.32 Å². The van der Waals surface area contributed by atoms with E-state index in [4.69, 9.17) is 25.4 Å². The molecule has 1 saturated heterocycles. The third-order valence-corrected chi connectivity index (χ3v) is 3.70. The van der Waals surface area contributed by atoms with Gasteiger partial charge in [-0.3, -0.25) is 0 Å². The fraction of sp³-hybridized carbons (Fsp3) is 0.158. The Kier molecular flexibility index (Phi) is 5.38. The molecule has 0 aromatic heterocycles. The summed E-state index contributed by atoms with van der Waals surface area (Å²) in [6.07, 6.45) is 2.26. The van der Waals surface area contributed by atoms with Gasteiger partial charge in [0.2, 0.25) is 0 Å². The van der Waals surface area contributed by atoms with Crippen LogP contribution in [0.5, 0.6) is 17.2 Å². The topological polar surface area (TPSA) is 107 Å². The minimum Gasteiger partial charge on any atom is -0.491 e. The van der Waals surface area contributed by atoms with Crippen molar-refractivity contribution in [2.24, 2.45) is 5.73 Å². The van der Waals surface area contributed by atoms with E-state index >= 15 is 0 Å². The molecule has 1 unspecified atom stereocenters. The highest BCUT2D eigenvalue weighted by atomic mass is 16.6. The Bertz CT molecular complexity index is 801. The van der Waals surface area contributed by atoms with Crippen molar-refractivity contribution in [3.8, 4) is 17.2 Å². The highest BCUT2D eigenvalue weighted by Crippen LogP contribution is 2.25. The van der Waals surface area contributed by atoms with Gasteiger partial charge in [0, 0.05) is 11.9 Å². The smallest absolute Gasteiger partial charge is 0.407 e. The number of hydrogen-bond acceptors (Lipinski definition) is 6. The number of rotatable bonds is 7. The van der Waals surface area contributed by atoms with Gasteiger partial charge in [0.25, 0.3) is 0 Å². The van der Waals surface area contributed by atoms with Crippen LogP contribution in [0.3, 0.4) is 0 Å². The van der Waals surface area contributed by atoms with Gasteiger partial charge < -0.3 is 30.7 Å². The molecule has 7 nitrogen and oxygen atoms in total. The van der Waals surface area contributed by atoms with E-state index in [0.717, 1.165) is 11.8 Å². The van der Waals surface area contributed by atoms with Crippen LogP contribution in [0.4, 0.5) is 4.79 Å². The monoisotopic (exact) mass is 353 g/mol. The van der Waals surface area contributed by atoms with Crippen LogP contribution in [0.15, 0.2) is 54.6 Å². The van der Waals surface area contributed by atoms with Crippen LogP contribution >= 0.6 is 0 Å². The number of carbonyl (C=O) groups is 1. The molecule has 1 fully saturated rings. The van der Waals surface area contributed by atoms with Crippen LogP contribution < -0.4 is 20.5 Å². The number of nitrogens with one attached hydrogen (secondary N) is 2. The molecule has 26 heavy (non-hydrogen) atoms. The average molecular weight is 353 g/mol. The zero-order valence-electron chi connectivity index (χ0n) is 14.0. The summed E-state index contributed by atoms with van der Waals surface area (Å²) in [5.74, 6) is 2.03. The van der Waals surface area contributed by atoms with Crippen molar-refractivity contribution < 1.29 is 19.0 Å². The average Bonchev–Trinajstić information content (AvgIpc) is 3.07. The van der Waals surface area contributed by atoms with E-state index in [1.807, 2.05) is 24.3 Å². The van der Waals surface area contributed by atoms with Crippen LogP contribution in [0.1, 0.15) is 5.56 Å². The molecule has 3 rings (SSSR count). The summed E-state index contributed by atoms with van der Waals surface area (Å²) >= 11 is 0. The van der Waals surface area contributed by atoms with Gasteiger partial charge in [0.1, 0.15) is 36.5 Å². The number of amides is 1. The van der Waals surface area contributed by atoms with Crippen LogP contribution in [0, 0.1) is 5.41 Å². The second-order valence-electron chi connectivity index (χ2n) is 5.64. The Hall–Kier alpha value is -3.48. The molecular formula is C19H19N3O4. The largest absolute Gasteiger partial charge is 0.491 e. The van der Waals surface area contributed by atoms with Crippen LogP contribution in [-0.4, -0.2) is 31.6 Å². The molecule has 1 amide bonds. The zero-order valence-corrected chi connectivity index (χ0v) is 14.0. The maximum Gasteiger partial charge on any atom is 0.407 e. The fourth-order valence-electron chi connectivity index (χ4n) is 2.35. The number of nitrogens with two attached hydrogens (primary N) is 1. The lowest BCUT2D eigenvalue weighted by Crippen LogP contribution is -2.32. The maximum atomic E-state index is 10.9. The summed E-state index contributed by atoms with van der Waals surface area (Å²) in [5.41, 5.74) is 7.18. The van der Waals surface area contributed by atoms with Crippen molar-refractivity contribution in [2.75, 3.05) is 13.2 Å². The number of benzene rings is 2. The lowest BCUT2D eigenvalue weighted by atomic mass is 10.1. The molecule has 1 heterocycles. The van der Waals surface area contributed by atoms with Gasteiger partial charge in [-0.05, 0) is 60.2 Å². The minimum atomic E-state index is -0.413. The molecule has 134 valence electrons. The quantitative estimate of drug-likeness (QED) is 0.664. The summed E-state index contributed by atoms with van der Waals surface area (Å²) in [4.78, 5) is 10.9. The Morgan fingerprint density at radius 2 is 1.77 bits per heavy atom. The van der Waals surface area contributed by atoms with Crippen LogP contribution in [0.25, 0.3) is 5.70 Å². The van der Waals surface area contributed by atoms with Gasteiger partial charge in [-0.2, -0.15) is 0 Å². The summed E-state index contributed by atoms with van der Waals surface area (Å²) in [7, 11) is 0. The first kappa shape index (κ1) is 17.3. The predicted octanol–water partition coefficient (Wildman–Crippen LogP) is 2.92. The Balaban J connectivity index is 1.54. The highest BCUT2D eigenvalue weighted by Gasteiger charge is 2.22. The van der Waals surface area contributed by atoms with Gasteiger partial charge in [-0.1, -0.05) is 0 Å². The first-order valence-corrected chi connectivity index (χ1v) is 8.05. The summed E-state index contributed by atoms with van der Waals surface area (Å²) < 4.78 is 16.2. The van der Waals surface area contributed by atoms with Gasteiger partial charge in [-0.25, -0.2) is 4.79 Å². The first-order valence-electron chi connectivity index (χ1n) is 8.05. The molecule has 4 N–H and O–H groups in total. The second-order valence-corrected chi connectivity index (χ2v) is 5.64. The number of alkyl carbamates (subject to hydrolysis) is 1. The molecule has 7 heteroatoms. The number of allylic oxidation sites excluding steroid dienone is 1. The summed E-state index contributed by atoms with van der Waals surface area (Å²) in [6.45, 7) is 0.660. The number of ether oxygens (including phenoxy) is 3. The molecular weight excluding hydrogens is 334 g/mol. The van der Waals surface area contributed by atoms with E-state index < -0.39 is 6.09 Å². The lowest BCUT2D eigenvalue weighted by molar-refractivity contribution is 0.174. The van der Waals surface area contributed by atoms with Crippen LogP contribution in [-0.2, 0) is 4.74 Å². The summed E-state index contributed by atoms with van der Waals surface area (Å²) in [6, 6.07) is 14.4. The fourth-order valence-corrected chi connectivity index (χ4v) is 2.35.